The summed E-state index contributed by atoms with van der Waals surface area (Å²) in [4.78, 5) is 31.3. The highest BCUT2D eigenvalue weighted by molar-refractivity contribution is 6.46. The van der Waals surface area contributed by atoms with Gasteiger partial charge in [-0.05, 0) is 59.7 Å². The maximum atomic E-state index is 13.3. The average molecular weight is 418 g/mol. The second-order valence-electron chi connectivity index (χ2n) is 7.06. The Morgan fingerprint density at radius 2 is 1.68 bits per heavy atom. The molecule has 0 radical (unpaired) electrons. The van der Waals surface area contributed by atoms with E-state index in [1.807, 2.05) is 12.1 Å². The van der Waals surface area contributed by atoms with Crippen LogP contribution in [0.5, 0.6) is 5.75 Å². The van der Waals surface area contributed by atoms with E-state index in [-0.39, 0.29) is 23.4 Å². The van der Waals surface area contributed by atoms with Gasteiger partial charge >= 0.3 is 0 Å². The van der Waals surface area contributed by atoms with Gasteiger partial charge in [0.1, 0.15) is 17.3 Å². The lowest BCUT2D eigenvalue weighted by atomic mass is 9.96. The Morgan fingerprint density at radius 3 is 2.29 bits per heavy atom. The van der Waals surface area contributed by atoms with E-state index in [0.717, 1.165) is 5.56 Å². The number of pyridine rings is 1. The Hall–Kier alpha value is -4.00. The molecular weight excluding hydrogens is 399 g/mol. The van der Waals surface area contributed by atoms with Crippen LogP contribution in [0.1, 0.15) is 22.7 Å². The Kier molecular flexibility index (Phi) is 5.49. The van der Waals surface area contributed by atoms with E-state index >= 15 is 0 Å². The molecule has 2 aromatic carbocycles. The van der Waals surface area contributed by atoms with Crippen LogP contribution < -0.4 is 4.74 Å². The van der Waals surface area contributed by atoms with E-state index in [4.69, 9.17) is 4.74 Å². The molecule has 1 aliphatic heterocycles. The number of benzene rings is 2. The first kappa shape index (κ1) is 20.3. The zero-order valence-electron chi connectivity index (χ0n) is 16.7. The van der Waals surface area contributed by atoms with Gasteiger partial charge in [0.15, 0.2) is 0 Å². The molecule has 31 heavy (non-hydrogen) atoms. The van der Waals surface area contributed by atoms with Crippen molar-refractivity contribution in [2.45, 2.75) is 12.6 Å². The molecule has 1 aliphatic rings. The molecule has 1 N–H and O–H groups in total. The number of rotatable bonds is 5. The Labute approximate surface area is 178 Å². The number of halogens is 1. The third-order valence-electron chi connectivity index (χ3n) is 5.19. The van der Waals surface area contributed by atoms with Gasteiger partial charge in [-0.25, -0.2) is 4.39 Å². The SMILES string of the molecule is COc1ccc(CN2C(=O)C(=O)/C(=C(\O)c3ccc(F)cc3)C2c2ccncc2)cc1. The van der Waals surface area contributed by atoms with Crippen molar-refractivity contribution in [2.24, 2.45) is 0 Å². The van der Waals surface area contributed by atoms with Crippen LogP contribution in [0.3, 0.4) is 0 Å². The normalized spacial score (nSPS) is 17.7. The molecule has 3 aromatic rings. The number of carbonyl (C=O) groups is 2. The van der Waals surface area contributed by atoms with Gasteiger partial charge < -0.3 is 14.7 Å². The molecule has 0 aliphatic carbocycles. The van der Waals surface area contributed by atoms with Crippen LogP contribution in [-0.4, -0.2) is 33.8 Å². The predicted molar refractivity (Wildman–Crippen MR) is 111 cm³/mol. The van der Waals surface area contributed by atoms with E-state index in [1.54, 1.807) is 43.8 Å². The number of hydrogen-bond acceptors (Lipinski definition) is 5. The number of likely N-dealkylation sites (tertiary alicyclic amines) is 1. The second kappa shape index (κ2) is 8.39. The lowest BCUT2D eigenvalue weighted by Gasteiger charge is -2.25. The number of aliphatic hydroxyl groups is 1. The highest BCUT2D eigenvalue weighted by Gasteiger charge is 2.46. The Morgan fingerprint density at radius 1 is 1.03 bits per heavy atom. The minimum absolute atomic E-state index is 0.0451. The molecule has 1 amide bonds. The third-order valence-corrected chi connectivity index (χ3v) is 5.19. The molecule has 1 atom stereocenters. The van der Waals surface area contributed by atoms with Crippen molar-refractivity contribution in [3.8, 4) is 5.75 Å². The minimum Gasteiger partial charge on any atom is -0.507 e. The van der Waals surface area contributed by atoms with Crippen molar-refractivity contribution in [2.75, 3.05) is 7.11 Å². The molecule has 7 heteroatoms. The lowest BCUT2D eigenvalue weighted by molar-refractivity contribution is -0.140. The molecule has 1 unspecified atom stereocenters. The van der Waals surface area contributed by atoms with Crippen molar-refractivity contribution >= 4 is 17.4 Å². The van der Waals surface area contributed by atoms with Crippen molar-refractivity contribution in [1.82, 2.24) is 9.88 Å². The Balaban J connectivity index is 1.80. The van der Waals surface area contributed by atoms with Crippen LogP contribution in [0.15, 0.2) is 78.6 Å². The number of nitrogens with zero attached hydrogens (tertiary/aromatic N) is 2. The number of ketones is 1. The zero-order valence-corrected chi connectivity index (χ0v) is 16.7. The number of ether oxygens (including phenoxy) is 1. The highest BCUT2D eigenvalue weighted by Crippen LogP contribution is 2.40. The quantitative estimate of drug-likeness (QED) is 0.387. The fourth-order valence-electron chi connectivity index (χ4n) is 3.63. The summed E-state index contributed by atoms with van der Waals surface area (Å²) in [6.07, 6.45) is 3.11. The second-order valence-corrected chi connectivity index (χ2v) is 7.06. The molecule has 156 valence electrons. The number of carbonyl (C=O) groups excluding carboxylic acids is 2. The highest BCUT2D eigenvalue weighted by atomic mass is 19.1. The van der Waals surface area contributed by atoms with Crippen molar-refractivity contribution in [1.29, 1.82) is 0 Å². The van der Waals surface area contributed by atoms with Crippen LogP contribution in [0.4, 0.5) is 4.39 Å². The molecule has 2 heterocycles. The smallest absolute Gasteiger partial charge is 0.295 e. The molecule has 0 saturated carbocycles. The monoisotopic (exact) mass is 418 g/mol. The summed E-state index contributed by atoms with van der Waals surface area (Å²) in [6, 6.07) is 14.8. The molecule has 0 spiro atoms. The summed E-state index contributed by atoms with van der Waals surface area (Å²) in [5, 5.41) is 10.9. The number of aliphatic hydroxyl groups excluding tert-OH is 1. The molecular formula is C24H19FN2O4. The van der Waals surface area contributed by atoms with Gasteiger partial charge in [-0.3, -0.25) is 14.6 Å². The largest absolute Gasteiger partial charge is 0.507 e. The first-order chi connectivity index (χ1) is 15.0. The molecule has 1 aromatic heterocycles. The third kappa shape index (κ3) is 3.90. The lowest BCUT2D eigenvalue weighted by Crippen LogP contribution is -2.29. The van der Waals surface area contributed by atoms with Crippen LogP contribution in [-0.2, 0) is 16.1 Å². The number of aromatic nitrogens is 1. The van der Waals surface area contributed by atoms with Gasteiger partial charge in [0.05, 0.1) is 18.7 Å². The summed E-state index contributed by atoms with van der Waals surface area (Å²) in [5.41, 5.74) is 1.63. The number of Topliss-reactive ketones (excluding diaryl/α,β-unsaturated/α-hetero) is 1. The van der Waals surface area contributed by atoms with E-state index in [1.165, 1.54) is 29.2 Å². The average Bonchev–Trinajstić information content (AvgIpc) is 3.05. The maximum Gasteiger partial charge on any atom is 0.295 e. The molecule has 0 bridgehead atoms. The van der Waals surface area contributed by atoms with Crippen molar-refractivity contribution in [3.05, 3.63) is 101 Å². The van der Waals surface area contributed by atoms with Crippen molar-refractivity contribution in [3.63, 3.8) is 0 Å². The molecule has 4 rings (SSSR count). The summed E-state index contributed by atoms with van der Waals surface area (Å²) in [7, 11) is 1.56. The van der Waals surface area contributed by atoms with Gasteiger partial charge in [0.25, 0.3) is 11.7 Å². The van der Waals surface area contributed by atoms with Crippen molar-refractivity contribution < 1.29 is 23.8 Å². The van der Waals surface area contributed by atoms with Crippen LogP contribution in [0.25, 0.3) is 5.76 Å². The molecule has 1 fully saturated rings. The fraction of sp³-hybridized carbons (Fsp3) is 0.125. The molecule has 6 nitrogen and oxygen atoms in total. The fourth-order valence-corrected chi connectivity index (χ4v) is 3.63. The Bertz CT molecular complexity index is 1140. The number of amides is 1. The van der Waals surface area contributed by atoms with Gasteiger partial charge in [-0.15, -0.1) is 0 Å². The van der Waals surface area contributed by atoms with Crippen LogP contribution in [0, 0.1) is 5.82 Å². The first-order valence-corrected chi connectivity index (χ1v) is 9.57. The molecule has 1 saturated heterocycles. The zero-order chi connectivity index (χ0) is 22.0. The van der Waals surface area contributed by atoms with E-state index in [0.29, 0.717) is 11.3 Å². The van der Waals surface area contributed by atoms with Crippen LogP contribution in [0.2, 0.25) is 0 Å². The summed E-state index contributed by atoms with van der Waals surface area (Å²) >= 11 is 0. The van der Waals surface area contributed by atoms with Gasteiger partial charge in [0.2, 0.25) is 0 Å². The summed E-state index contributed by atoms with van der Waals surface area (Å²) in [6.45, 7) is 0.155. The number of methoxy groups -OCH3 is 1. The summed E-state index contributed by atoms with van der Waals surface area (Å²) in [5.74, 6) is -1.66. The van der Waals surface area contributed by atoms with E-state index in [9.17, 15) is 19.1 Å². The maximum absolute atomic E-state index is 13.3. The first-order valence-electron chi connectivity index (χ1n) is 9.57. The topological polar surface area (TPSA) is 79.7 Å². The van der Waals surface area contributed by atoms with Gasteiger partial charge in [0, 0.05) is 24.5 Å². The van der Waals surface area contributed by atoms with E-state index in [2.05, 4.69) is 4.98 Å². The predicted octanol–water partition coefficient (Wildman–Crippen LogP) is 3.85. The van der Waals surface area contributed by atoms with Gasteiger partial charge in [-0.2, -0.15) is 0 Å². The summed E-state index contributed by atoms with van der Waals surface area (Å²) < 4.78 is 18.5. The van der Waals surface area contributed by atoms with E-state index < -0.39 is 23.5 Å². The minimum atomic E-state index is -0.810. The number of hydrogen-bond donors (Lipinski definition) is 1. The standard InChI is InChI=1S/C24H19FN2O4/c1-31-19-8-2-15(3-9-19)14-27-21(16-10-12-26-13-11-16)20(23(29)24(27)30)22(28)17-4-6-18(25)7-5-17/h2-13,21,28H,14H2,1H3/b22-20-. The van der Waals surface area contributed by atoms with Crippen LogP contribution >= 0.6 is 0 Å². The van der Waals surface area contributed by atoms with Gasteiger partial charge in [-0.1, -0.05) is 12.1 Å².